The van der Waals surface area contributed by atoms with Crippen LogP contribution < -0.4 is 11.1 Å². The molecule has 0 aromatic carbocycles. The summed E-state index contributed by atoms with van der Waals surface area (Å²) < 4.78 is 1.57. The molecular weight excluding hydrogens is 321 g/mol. The van der Waals surface area contributed by atoms with Crippen LogP contribution in [0.3, 0.4) is 0 Å². The molecule has 4 atom stereocenters. The lowest BCUT2D eigenvalue weighted by molar-refractivity contribution is 0.0189. The third-order valence-electron chi connectivity index (χ3n) is 3.52. The van der Waals surface area contributed by atoms with E-state index >= 15 is 0 Å². The molecule has 2 aromatic heterocycles. The van der Waals surface area contributed by atoms with Gasteiger partial charge in [0.25, 0.3) is 0 Å². The van der Waals surface area contributed by atoms with Crippen LogP contribution >= 0.6 is 24.8 Å². The highest BCUT2D eigenvalue weighted by atomic mass is 35.5. The Morgan fingerprint density at radius 2 is 1.95 bits per heavy atom. The standard InChI is InChI=1S/C11H15N5O3.2ClH/c12-11-7-2-1-6(16(7)14-4-13-11)8-10(19)9(18)5(3-17)15-8;;/h1-2,4-5,8-10,15,17-19H,3H2,(H2,12,13,14);2*1H/t5-,8+,9-,10+;;/m1../s1. The van der Waals surface area contributed by atoms with Gasteiger partial charge in [-0.05, 0) is 12.1 Å². The van der Waals surface area contributed by atoms with Crippen molar-refractivity contribution < 1.29 is 15.3 Å². The zero-order valence-electron chi connectivity index (χ0n) is 10.8. The molecule has 1 fully saturated rings. The molecule has 2 aromatic rings. The Balaban J connectivity index is 0.00000110. The highest BCUT2D eigenvalue weighted by molar-refractivity contribution is 5.85. The van der Waals surface area contributed by atoms with Crippen molar-refractivity contribution in [2.24, 2.45) is 0 Å². The van der Waals surface area contributed by atoms with Gasteiger partial charge in [-0.15, -0.1) is 24.8 Å². The lowest BCUT2D eigenvalue weighted by Crippen LogP contribution is -2.35. The van der Waals surface area contributed by atoms with E-state index in [4.69, 9.17) is 10.8 Å². The molecule has 6 N–H and O–H groups in total. The zero-order chi connectivity index (χ0) is 13.6. The van der Waals surface area contributed by atoms with Crippen molar-refractivity contribution in [3.63, 3.8) is 0 Å². The van der Waals surface area contributed by atoms with Gasteiger partial charge in [-0.25, -0.2) is 9.50 Å². The van der Waals surface area contributed by atoms with E-state index in [0.717, 1.165) is 0 Å². The number of nitrogen functional groups attached to an aromatic ring is 1. The minimum absolute atomic E-state index is 0. The molecule has 0 aliphatic carbocycles. The second-order valence-corrected chi connectivity index (χ2v) is 4.62. The topological polar surface area (TPSA) is 129 Å². The van der Waals surface area contributed by atoms with Crippen LogP contribution in [0.4, 0.5) is 5.82 Å². The van der Waals surface area contributed by atoms with Gasteiger partial charge < -0.3 is 21.1 Å². The average molecular weight is 338 g/mol. The Bertz CT molecular complexity index is 611. The first-order valence-electron chi connectivity index (χ1n) is 5.94. The van der Waals surface area contributed by atoms with Gasteiger partial charge in [0, 0.05) is 0 Å². The number of fused-ring (bicyclic) bond motifs is 1. The number of hydrogen-bond donors (Lipinski definition) is 5. The van der Waals surface area contributed by atoms with E-state index in [-0.39, 0.29) is 31.4 Å². The van der Waals surface area contributed by atoms with Crippen molar-refractivity contribution in [2.75, 3.05) is 12.3 Å². The van der Waals surface area contributed by atoms with Crippen LogP contribution in [-0.4, -0.2) is 54.8 Å². The Morgan fingerprint density at radius 3 is 2.57 bits per heavy atom. The molecule has 3 rings (SSSR count). The molecule has 0 bridgehead atoms. The van der Waals surface area contributed by atoms with Gasteiger partial charge in [0.2, 0.25) is 0 Å². The highest BCUT2D eigenvalue weighted by Crippen LogP contribution is 2.29. The van der Waals surface area contributed by atoms with Gasteiger partial charge in [-0.3, -0.25) is 5.32 Å². The van der Waals surface area contributed by atoms with Crippen LogP contribution in [-0.2, 0) is 0 Å². The maximum atomic E-state index is 10.0. The first kappa shape index (κ1) is 17.9. The number of aliphatic hydroxyl groups is 3. The summed E-state index contributed by atoms with van der Waals surface area (Å²) in [6, 6.07) is 2.42. The highest BCUT2D eigenvalue weighted by Gasteiger charge is 2.42. The molecule has 3 heterocycles. The van der Waals surface area contributed by atoms with Gasteiger partial charge in [-0.1, -0.05) is 0 Å². The first-order chi connectivity index (χ1) is 9.13. The van der Waals surface area contributed by atoms with Crippen molar-refractivity contribution in [1.82, 2.24) is 19.9 Å². The Kier molecular flexibility index (Phi) is 5.74. The fraction of sp³-hybridized carbons (Fsp3) is 0.455. The van der Waals surface area contributed by atoms with E-state index in [9.17, 15) is 10.2 Å². The van der Waals surface area contributed by atoms with Crippen molar-refractivity contribution in [3.8, 4) is 0 Å². The van der Waals surface area contributed by atoms with Gasteiger partial charge in [0.05, 0.1) is 30.5 Å². The van der Waals surface area contributed by atoms with Crippen LogP contribution in [0.2, 0.25) is 0 Å². The third-order valence-corrected chi connectivity index (χ3v) is 3.52. The zero-order valence-corrected chi connectivity index (χ0v) is 12.5. The summed E-state index contributed by atoms with van der Waals surface area (Å²) in [5, 5.41) is 36.1. The summed E-state index contributed by atoms with van der Waals surface area (Å²) >= 11 is 0. The molecule has 21 heavy (non-hydrogen) atoms. The molecular formula is C11H17Cl2N5O3. The lowest BCUT2D eigenvalue weighted by atomic mass is 10.1. The molecule has 1 aliphatic rings. The average Bonchev–Trinajstić information content (AvgIpc) is 2.94. The predicted molar refractivity (Wildman–Crippen MR) is 80.7 cm³/mol. The molecule has 0 spiro atoms. The second-order valence-electron chi connectivity index (χ2n) is 4.62. The van der Waals surface area contributed by atoms with Crippen LogP contribution in [0.1, 0.15) is 11.7 Å². The summed E-state index contributed by atoms with van der Waals surface area (Å²) in [4.78, 5) is 3.89. The van der Waals surface area contributed by atoms with Crippen LogP contribution in [0.25, 0.3) is 5.52 Å². The minimum Gasteiger partial charge on any atom is -0.395 e. The van der Waals surface area contributed by atoms with E-state index in [0.29, 0.717) is 17.0 Å². The largest absolute Gasteiger partial charge is 0.395 e. The number of nitrogens with two attached hydrogens (primary N) is 1. The molecule has 1 saturated heterocycles. The minimum atomic E-state index is -1.03. The van der Waals surface area contributed by atoms with E-state index < -0.39 is 24.3 Å². The molecule has 0 unspecified atom stereocenters. The number of hydrogen-bond acceptors (Lipinski definition) is 7. The summed E-state index contributed by atoms with van der Waals surface area (Å²) in [6.07, 6.45) is -0.723. The Labute approximate surface area is 132 Å². The molecule has 0 saturated carbocycles. The van der Waals surface area contributed by atoms with E-state index in [1.54, 1.807) is 16.6 Å². The van der Waals surface area contributed by atoms with Gasteiger partial charge in [0.15, 0.2) is 5.82 Å². The number of aromatic nitrogens is 3. The van der Waals surface area contributed by atoms with Crippen LogP contribution in [0, 0.1) is 0 Å². The molecule has 8 nitrogen and oxygen atoms in total. The number of aliphatic hydroxyl groups excluding tert-OH is 3. The smallest absolute Gasteiger partial charge is 0.151 e. The van der Waals surface area contributed by atoms with Crippen LogP contribution in [0.5, 0.6) is 0 Å². The fourth-order valence-corrected chi connectivity index (χ4v) is 2.49. The predicted octanol–water partition coefficient (Wildman–Crippen LogP) is -1.12. The van der Waals surface area contributed by atoms with E-state index in [1.807, 2.05) is 0 Å². The second kappa shape index (κ2) is 6.73. The molecule has 1 aliphatic heterocycles. The van der Waals surface area contributed by atoms with Crippen molar-refractivity contribution >= 4 is 36.1 Å². The Morgan fingerprint density at radius 1 is 1.24 bits per heavy atom. The molecule has 10 heteroatoms. The van der Waals surface area contributed by atoms with E-state index in [2.05, 4.69) is 15.4 Å². The van der Waals surface area contributed by atoms with Gasteiger partial charge >= 0.3 is 0 Å². The van der Waals surface area contributed by atoms with Gasteiger partial charge in [-0.2, -0.15) is 5.10 Å². The lowest BCUT2D eigenvalue weighted by Gasteiger charge is -2.15. The molecule has 0 radical (unpaired) electrons. The number of rotatable bonds is 2. The maximum absolute atomic E-state index is 10.0. The molecule has 118 valence electrons. The van der Waals surface area contributed by atoms with Crippen molar-refractivity contribution in [2.45, 2.75) is 24.3 Å². The normalized spacial score (nSPS) is 28.1. The number of nitrogens with zero attached hydrogens (tertiary/aromatic N) is 3. The maximum Gasteiger partial charge on any atom is 0.151 e. The summed E-state index contributed by atoms with van der Waals surface area (Å²) in [5.41, 5.74) is 7.03. The SMILES string of the molecule is Cl.Cl.Nc1ncnn2c([C@@H]3N[C@H](CO)[C@@H](O)[C@H]3O)ccc12. The number of halogens is 2. The summed E-state index contributed by atoms with van der Waals surface area (Å²) in [6.45, 7) is -0.255. The number of anilines is 1. The monoisotopic (exact) mass is 337 g/mol. The fourth-order valence-electron chi connectivity index (χ4n) is 2.49. The van der Waals surface area contributed by atoms with Crippen molar-refractivity contribution in [1.29, 1.82) is 0 Å². The Hall–Kier alpha value is -1.16. The quantitative estimate of drug-likeness (QED) is 0.469. The van der Waals surface area contributed by atoms with Crippen LogP contribution in [0.15, 0.2) is 18.5 Å². The van der Waals surface area contributed by atoms with Crippen molar-refractivity contribution in [3.05, 3.63) is 24.2 Å². The third kappa shape index (κ3) is 2.78. The molecule has 0 amide bonds. The summed E-state index contributed by atoms with van der Waals surface area (Å²) in [5.74, 6) is 0.341. The van der Waals surface area contributed by atoms with Gasteiger partial charge in [0.1, 0.15) is 17.9 Å². The number of nitrogens with one attached hydrogen (secondary N) is 1. The summed E-state index contributed by atoms with van der Waals surface area (Å²) in [7, 11) is 0. The first-order valence-corrected chi connectivity index (χ1v) is 5.94. The van der Waals surface area contributed by atoms with E-state index in [1.165, 1.54) is 6.33 Å².